The van der Waals surface area contributed by atoms with Gasteiger partial charge in [0.1, 0.15) is 16.6 Å². The monoisotopic (exact) mass is 646 g/mol. The molecule has 0 aromatic heterocycles. The number of benzene rings is 4. The van der Waals surface area contributed by atoms with E-state index in [1.54, 1.807) is 4.90 Å². The Bertz CT molecular complexity index is 1520. The van der Waals surface area contributed by atoms with E-state index in [0.717, 1.165) is 28.7 Å². The lowest BCUT2D eigenvalue weighted by molar-refractivity contribution is -0.166. The van der Waals surface area contributed by atoms with Gasteiger partial charge in [-0.15, -0.1) is 0 Å². The average Bonchev–Trinajstić information content (AvgIpc) is 3.09. The maximum atomic E-state index is 15.4. The molecular weight excluding hydrogens is 596 g/mol. The molecule has 0 aliphatic heterocycles. The molecule has 4 aromatic carbocycles. The highest BCUT2D eigenvalue weighted by molar-refractivity contribution is 6.04. The third kappa shape index (κ3) is 6.20. The minimum atomic E-state index is -1.72. The number of primary amides is 1. The molecule has 252 valence electrons. The van der Waals surface area contributed by atoms with E-state index in [1.165, 1.54) is 0 Å². The number of nitrogens with two attached hydrogens (primary N) is 1. The van der Waals surface area contributed by atoms with Gasteiger partial charge in [-0.05, 0) is 76.6 Å². The van der Waals surface area contributed by atoms with Crippen LogP contribution in [0.4, 0.5) is 0 Å². The first-order chi connectivity index (χ1) is 22.7. The highest BCUT2D eigenvalue weighted by Gasteiger charge is 2.56. The van der Waals surface area contributed by atoms with Crippen molar-refractivity contribution in [3.8, 4) is 0 Å². The molecule has 0 unspecified atom stereocenters. The summed E-state index contributed by atoms with van der Waals surface area (Å²) in [5.41, 5.74) is 7.76. The van der Waals surface area contributed by atoms with Crippen molar-refractivity contribution < 1.29 is 19.8 Å². The molecule has 1 fully saturated rings. The summed E-state index contributed by atoms with van der Waals surface area (Å²) >= 11 is 0. The third-order valence-corrected chi connectivity index (χ3v) is 10.8. The number of nitrogens with zero attached hydrogens (tertiary/aromatic N) is 1. The molecule has 0 heterocycles. The molecule has 5 rings (SSSR count). The summed E-state index contributed by atoms with van der Waals surface area (Å²) in [6, 6.07) is 28.7. The molecule has 1 saturated carbocycles. The second-order valence-corrected chi connectivity index (χ2v) is 14.1. The van der Waals surface area contributed by atoms with Gasteiger partial charge in [0.25, 0.3) is 0 Å². The van der Waals surface area contributed by atoms with Crippen molar-refractivity contribution in [3.63, 3.8) is 0 Å². The van der Waals surface area contributed by atoms with E-state index in [4.69, 9.17) is 5.73 Å². The van der Waals surface area contributed by atoms with Gasteiger partial charge in [0.2, 0.25) is 11.8 Å². The lowest BCUT2D eigenvalue weighted by Crippen LogP contribution is -2.65. The molecule has 1 aliphatic rings. The topological polar surface area (TPSA) is 104 Å². The van der Waals surface area contributed by atoms with Crippen LogP contribution < -0.4 is 5.73 Å². The normalized spacial score (nSPS) is 16.2. The number of carbonyl (C=O) groups excluding carboxylic acids is 2. The highest BCUT2D eigenvalue weighted by Crippen LogP contribution is 2.46. The molecule has 6 heteroatoms. The minimum absolute atomic E-state index is 0.318. The summed E-state index contributed by atoms with van der Waals surface area (Å²) < 4.78 is 0. The summed E-state index contributed by atoms with van der Waals surface area (Å²) in [6.07, 6.45) is 2.91. The standard InChI is InChI=1S/C42H50N2O4/c1-28-10-18-34(19-11-28)41(47,35-20-12-29(2)13-21-35)32(5)44(39(46)40(38(43)45)26-8-7-9-27-40)33(6)42(48,36-22-14-30(3)15-23-36)37-24-16-31(4)17-25-37/h10-25,32-33,47-48H,7-9,26-27H2,1-6H3,(H2,43,45)/t32-,33-/m1/s1. The van der Waals surface area contributed by atoms with Crippen molar-refractivity contribution in [3.05, 3.63) is 142 Å². The first-order valence-corrected chi connectivity index (χ1v) is 17.1. The molecular formula is C42H50N2O4. The molecule has 4 N–H and O–H groups in total. The molecule has 0 spiro atoms. The van der Waals surface area contributed by atoms with E-state index >= 15 is 4.79 Å². The number of hydrogen-bond acceptors (Lipinski definition) is 4. The Hall–Kier alpha value is -4.26. The maximum Gasteiger partial charge on any atom is 0.238 e. The smallest absolute Gasteiger partial charge is 0.238 e. The van der Waals surface area contributed by atoms with E-state index < -0.39 is 40.5 Å². The van der Waals surface area contributed by atoms with E-state index in [1.807, 2.05) is 139 Å². The summed E-state index contributed by atoms with van der Waals surface area (Å²) in [5.74, 6) is -1.13. The van der Waals surface area contributed by atoms with Crippen molar-refractivity contribution in [2.24, 2.45) is 11.1 Å². The first-order valence-electron chi connectivity index (χ1n) is 17.1. The van der Waals surface area contributed by atoms with Crippen LogP contribution in [0.3, 0.4) is 0 Å². The van der Waals surface area contributed by atoms with Gasteiger partial charge in [0.05, 0.1) is 12.1 Å². The Morgan fingerprint density at radius 1 is 0.583 bits per heavy atom. The number of hydrogen-bond donors (Lipinski definition) is 3. The quantitative estimate of drug-likeness (QED) is 0.160. The van der Waals surface area contributed by atoms with Gasteiger partial charge in [-0.2, -0.15) is 0 Å². The Kier molecular flexibility index (Phi) is 10.0. The number of aryl methyl sites for hydroxylation is 4. The molecule has 4 aromatic rings. The molecule has 48 heavy (non-hydrogen) atoms. The predicted octanol–water partition coefficient (Wildman–Crippen LogP) is 7.13. The van der Waals surface area contributed by atoms with E-state index in [2.05, 4.69) is 0 Å². The lowest BCUT2D eigenvalue weighted by atomic mass is 9.69. The summed E-state index contributed by atoms with van der Waals surface area (Å²) in [6.45, 7) is 11.6. The fourth-order valence-electron chi connectivity index (χ4n) is 7.59. The van der Waals surface area contributed by atoms with Crippen LogP contribution in [-0.4, -0.2) is 39.0 Å². The van der Waals surface area contributed by atoms with Crippen LogP contribution in [0, 0.1) is 33.1 Å². The van der Waals surface area contributed by atoms with Crippen LogP contribution in [-0.2, 0) is 20.8 Å². The summed E-state index contributed by atoms with van der Waals surface area (Å²) in [5, 5.41) is 26.4. The molecule has 0 radical (unpaired) electrons. The van der Waals surface area contributed by atoms with Gasteiger partial charge in [-0.3, -0.25) is 9.59 Å². The Morgan fingerprint density at radius 3 is 1.10 bits per heavy atom. The first kappa shape index (κ1) is 35.1. The largest absolute Gasteiger partial charge is 0.378 e. The molecule has 0 saturated heterocycles. The Labute approximate surface area is 285 Å². The SMILES string of the molecule is Cc1ccc(C(O)(c2ccc(C)cc2)[C@@H](C)N(C(=O)C2(C(N)=O)CCCCC2)[C@H](C)C(O)(c2ccc(C)cc2)c2ccc(C)cc2)cc1. The van der Waals surface area contributed by atoms with Crippen LogP contribution >= 0.6 is 0 Å². The van der Waals surface area contributed by atoms with Crippen molar-refractivity contribution in [1.29, 1.82) is 0 Å². The average molecular weight is 647 g/mol. The molecule has 0 bridgehead atoms. The van der Waals surface area contributed by atoms with E-state index in [-0.39, 0.29) is 0 Å². The highest BCUT2D eigenvalue weighted by atomic mass is 16.3. The van der Waals surface area contributed by atoms with Gasteiger partial charge in [-0.1, -0.05) is 139 Å². The number of amides is 2. The van der Waals surface area contributed by atoms with E-state index in [9.17, 15) is 15.0 Å². The van der Waals surface area contributed by atoms with Crippen LogP contribution in [0.5, 0.6) is 0 Å². The van der Waals surface area contributed by atoms with Gasteiger partial charge < -0.3 is 20.8 Å². The molecule has 2 atom stereocenters. The Morgan fingerprint density at radius 2 is 0.854 bits per heavy atom. The number of rotatable bonds is 10. The van der Waals surface area contributed by atoms with Gasteiger partial charge in [-0.25, -0.2) is 0 Å². The lowest BCUT2D eigenvalue weighted by Gasteiger charge is -2.51. The zero-order valence-electron chi connectivity index (χ0n) is 29.2. The summed E-state index contributed by atoms with van der Waals surface area (Å²) in [7, 11) is 0. The fourth-order valence-corrected chi connectivity index (χ4v) is 7.59. The van der Waals surface area contributed by atoms with Gasteiger partial charge in [0.15, 0.2) is 0 Å². The minimum Gasteiger partial charge on any atom is -0.378 e. The zero-order valence-corrected chi connectivity index (χ0v) is 29.2. The van der Waals surface area contributed by atoms with Gasteiger partial charge in [0, 0.05) is 0 Å². The maximum absolute atomic E-state index is 15.4. The van der Waals surface area contributed by atoms with Crippen molar-refractivity contribution in [1.82, 2.24) is 4.90 Å². The van der Waals surface area contributed by atoms with Crippen LogP contribution in [0.2, 0.25) is 0 Å². The van der Waals surface area contributed by atoms with Crippen LogP contribution in [0.1, 0.15) is 90.5 Å². The zero-order chi connectivity index (χ0) is 34.9. The summed E-state index contributed by atoms with van der Waals surface area (Å²) in [4.78, 5) is 30.4. The van der Waals surface area contributed by atoms with Gasteiger partial charge >= 0.3 is 0 Å². The third-order valence-electron chi connectivity index (χ3n) is 10.8. The number of carbonyl (C=O) groups is 2. The van der Waals surface area contributed by atoms with Crippen molar-refractivity contribution in [2.75, 3.05) is 0 Å². The second-order valence-electron chi connectivity index (χ2n) is 14.1. The second kappa shape index (κ2) is 13.7. The fraction of sp³-hybridized carbons (Fsp3) is 0.381. The van der Waals surface area contributed by atoms with E-state index in [0.29, 0.717) is 47.9 Å². The van der Waals surface area contributed by atoms with Crippen LogP contribution in [0.25, 0.3) is 0 Å². The molecule has 2 amide bonds. The van der Waals surface area contributed by atoms with Crippen molar-refractivity contribution >= 4 is 11.8 Å². The molecule has 1 aliphatic carbocycles. The van der Waals surface area contributed by atoms with Crippen molar-refractivity contribution in [2.45, 2.75) is 96.9 Å². The Balaban J connectivity index is 1.80. The molecule has 6 nitrogen and oxygen atoms in total. The number of aliphatic hydroxyl groups is 2. The predicted molar refractivity (Wildman–Crippen MR) is 191 cm³/mol. The van der Waals surface area contributed by atoms with Crippen LogP contribution in [0.15, 0.2) is 97.1 Å².